The number of hydrogen-bond donors (Lipinski definition) is 2. The molecule has 5 heteroatoms. The van der Waals surface area contributed by atoms with Crippen molar-refractivity contribution in [3.05, 3.63) is 15.9 Å². The average molecular weight is 332 g/mol. The van der Waals surface area contributed by atoms with E-state index in [0.29, 0.717) is 0 Å². The van der Waals surface area contributed by atoms with Crippen LogP contribution < -0.4 is 5.32 Å². The van der Waals surface area contributed by atoms with Gasteiger partial charge in [0.2, 0.25) is 0 Å². The van der Waals surface area contributed by atoms with E-state index in [9.17, 15) is 0 Å². The largest absolute Gasteiger partial charge is 0.396 e. The fourth-order valence-electron chi connectivity index (χ4n) is 2.18. The Morgan fingerprint density at radius 3 is 2.63 bits per heavy atom. The van der Waals surface area contributed by atoms with Crippen LogP contribution in [-0.2, 0) is 20.0 Å². The van der Waals surface area contributed by atoms with Gasteiger partial charge in [-0.05, 0) is 40.6 Å². The molecule has 2 N–H and O–H groups in total. The van der Waals surface area contributed by atoms with Crippen molar-refractivity contribution in [1.82, 2.24) is 15.1 Å². The molecule has 1 aromatic heterocycles. The predicted octanol–water partition coefficient (Wildman–Crippen LogP) is 2.63. The second kappa shape index (κ2) is 7.41. The number of aryl methyl sites for hydroxylation is 2. The molecule has 0 saturated carbocycles. The highest BCUT2D eigenvalue weighted by atomic mass is 79.9. The molecule has 0 unspecified atom stereocenters. The van der Waals surface area contributed by atoms with Gasteiger partial charge in [-0.1, -0.05) is 20.8 Å². The molecule has 0 aliphatic rings. The molecule has 1 heterocycles. The molecule has 0 fully saturated rings. The van der Waals surface area contributed by atoms with Gasteiger partial charge in [0.15, 0.2) is 0 Å². The van der Waals surface area contributed by atoms with E-state index < -0.39 is 0 Å². The Kier molecular flexibility index (Phi) is 6.50. The minimum Gasteiger partial charge on any atom is -0.396 e. The Morgan fingerprint density at radius 1 is 1.42 bits per heavy atom. The van der Waals surface area contributed by atoms with Crippen molar-refractivity contribution in [2.45, 2.75) is 46.6 Å². The number of halogens is 1. The molecule has 0 aromatic carbocycles. The van der Waals surface area contributed by atoms with Crippen LogP contribution in [0.5, 0.6) is 0 Å². The molecule has 0 aliphatic heterocycles. The van der Waals surface area contributed by atoms with Gasteiger partial charge in [-0.15, -0.1) is 0 Å². The summed E-state index contributed by atoms with van der Waals surface area (Å²) in [6.07, 6.45) is 2.84. The van der Waals surface area contributed by atoms with E-state index in [2.05, 4.69) is 47.1 Å². The third-order valence-electron chi connectivity index (χ3n) is 3.41. The zero-order valence-corrected chi connectivity index (χ0v) is 14.0. The Morgan fingerprint density at radius 2 is 2.11 bits per heavy atom. The quantitative estimate of drug-likeness (QED) is 0.769. The molecule has 0 spiro atoms. The van der Waals surface area contributed by atoms with Gasteiger partial charge in [0.25, 0.3) is 0 Å². The normalized spacial score (nSPS) is 12.1. The number of aliphatic hydroxyl groups excluding tert-OH is 1. The lowest BCUT2D eigenvalue weighted by Gasteiger charge is -2.24. The van der Waals surface area contributed by atoms with Crippen molar-refractivity contribution < 1.29 is 5.11 Å². The van der Waals surface area contributed by atoms with Crippen molar-refractivity contribution in [2.24, 2.45) is 12.5 Å². The highest BCUT2D eigenvalue weighted by Gasteiger charge is 2.18. The van der Waals surface area contributed by atoms with Crippen LogP contribution >= 0.6 is 15.9 Å². The van der Waals surface area contributed by atoms with Crippen molar-refractivity contribution in [3.8, 4) is 0 Å². The van der Waals surface area contributed by atoms with Gasteiger partial charge in [-0.3, -0.25) is 4.68 Å². The molecule has 0 bridgehead atoms. The van der Waals surface area contributed by atoms with Crippen LogP contribution in [0, 0.1) is 5.41 Å². The minimum atomic E-state index is 0.210. The molecule has 110 valence electrons. The summed E-state index contributed by atoms with van der Waals surface area (Å²) in [5.74, 6) is 0. The first kappa shape index (κ1) is 16.7. The van der Waals surface area contributed by atoms with Crippen molar-refractivity contribution in [3.63, 3.8) is 0 Å². The smallest absolute Gasteiger partial charge is 0.0767 e. The molecular weight excluding hydrogens is 306 g/mol. The van der Waals surface area contributed by atoms with Gasteiger partial charge in [0.05, 0.1) is 15.9 Å². The summed E-state index contributed by atoms with van der Waals surface area (Å²) in [6, 6.07) is 0. The molecule has 0 aliphatic carbocycles. The number of rotatable bonds is 8. The van der Waals surface area contributed by atoms with E-state index >= 15 is 0 Å². The van der Waals surface area contributed by atoms with E-state index in [4.69, 9.17) is 5.11 Å². The second-order valence-electron chi connectivity index (χ2n) is 5.78. The maximum absolute atomic E-state index is 8.90. The van der Waals surface area contributed by atoms with Crippen molar-refractivity contribution in [1.29, 1.82) is 0 Å². The van der Waals surface area contributed by atoms with Crippen LogP contribution in [-0.4, -0.2) is 28.0 Å². The van der Waals surface area contributed by atoms with Crippen LogP contribution in [0.25, 0.3) is 0 Å². The monoisotopic (exact) mass is 331 g/mol. The van der Waals surface area contributed by atoms with Crippen LogP contribution in [0.15, 0.2) is 4.47 Å². The van der Waals surface area contributed by atoms with E-state index in [1.807, 2.05) is 11.7 Å². The second-order valence-corrected chi connectivity index (χ2v) is 6.57. The highest BCUT2D eigenvalue weighted by molar-refractivity contribution is 9.10. The maximum atomic E-state index is 8.90. The molecule has 19 heavy (non-hydrogen) atoms. The van der Waals surface area contributed by atoms with Gasteiger partial charge >= 0.3 is 0 Å². The number of aliphatic hydroxyl groups is 1. The van der Waals surface area contributed by atoms with Gasteiger partial charge in [0.1, 0.15) is 0 Å². The van der Waals surface area contributed by atoms with Gasteiger partial charge < -0.3 is 10.4 Å². The molecule has 4 nitrogen and oxygen atoms in total. The lowest BCUT2D eigenvalue weighted by Crippen LogP contribution is -2.30. The third-order valence-corrected chi connectivity index (χ3v) is 4.33. The maximum Gasteiger partial charge on any atom is 0.0767 e. The lowest BCUT2D eigenvalue weighted by atomic mass is 9.88. The summed E-state index contributed by atoms with van der Waals surface area (Å²) in [5, 5.41) is 16.9. The Labute approximate surface area is 124 Å². The fourth-order valence-corrected chi connectivity index (χ4v) is 2.93. The summed E-state index contributed by atoms with van der Waals surface area (Å²) in [6.45, 7) is 8.59. The fraction of sp³-hybridized carbons (Fsp3) is 0.786. The van der Waals surface area contributed by atoms with E-state index in [-0.39, 0.29) is 12.0 Å². The predicted molar refractivity (Wildman–Crippen MR) is 82.1 cm³/mol. The van der Waals surface area contributed by atoms with E-state index in [1.165, 1.54) is 5.69 Å². The van der Waals surface area contributed by atoms with Crippen LogP contribution in [0.2, 0.25) is 0 Å². The minimum absolute atomic E-state index is 0.210. The zero-order valence-electron chi connectivity index (χ0n) is 12.5. The molecular formula is C14H26BrN3O. The van der Waals surface area contributed by atoms with Crippen LogP contribution in [0.1, 0.15) is 45.0 Å². The summed E-state index contributed by atoms with van der Waals surface area (Å²) in [4.78, 5) is 0. The third kappa shape index (κ3) is 4.89. The number of nitrogens with one attached hydrogen (secondary N) is 1. The van der Waals surface area contributed by atoms with Gasteiger partial charge in [-0.2, -0.15) is 5.10 Å². The van der Waals surface area contributed by atoms with Crippen LogP contribution in [0.3, 0.4) is 0 Å². The molecule has 0 atom stereocenters. The number of hydrogen-bond acceptors (Lipinski definition) is 3. The van der Waals surface area contributed by atoms with E-state index in [1.54, 1.807) is 0 Å². The summed E-state index contributed by atoms with van der Waals surface area (Å²) >= 11 is 3.63. The first-order valence-corrected chi connectivity index (χ1v) is 7.72. The molecule has 0 amide bonds. The molecule has 1 aromatic rings. The lowest BCUT2D eigenvalue weighted by molar-refractivity contribution is 0.236. The molecule has 0 saturated heterocycles. The van der Waals surface area contributed by atoms with Crippen LogP contribution in [0.4, 0.5) is 0 Å². The average Bonchev–Trinajstić information content (AvgIpc) is 2.63. The van der Waals surface area contributed by atoms with Crippen molar-refractivity contribution in [2.75, 3.05) is 13.2 Å². The first-order chi connectivity index (χ1) is 8.91. The zero-order chi connectivity index (χ0) is 14.5. The summed E-state index contributed by atoms with van der Waals surface area (Å²) in [7, 11) is 1.98. The summed E-state index contributed by atoms with van der Waals surface area (Å²) in [5.41, 5.74) is 2.51. The molecule has 0 radical (unpaired) electrons. The first-order valence-electron chi connectivity index (χ1n) is 6.93. The standard InChI is InChI=1S/C14H26BrN3O/c1-5-11-13(15)12(18(4)17-11)9-16-10-14(2,3)7-6-8-19/h16,19H,5-10H2,1-4H3. The summed E-state index contributed by atoms with van der Waals surface area (Å²) < 4.78 is 3.06. The Bertz CT molecular complexity index is 402. The molecule has 1 rings (SSSR count). The number of nitrogens with zero attached hydrogens (tertiary/aromatic N) is 2. The van der Waals surface area contributed by atoms with E-state index in [0.717, 1.165) is 42.5 Å². The van der Waals surface area contributed by atoms with Gasteiger partial charge in [0, 0.05) is 26.7 Å². The number of aromatic nitrogens is 2. The van der Waals surface area contributed by atoms with Crippen molar-refractivity contribution >= 4 is 15.9 Å². The topological polar surface area (TPSA) is 50.1 Å². The Balaban J connectivity index is 2.51. The Hall–Kier alpha value is -0.390. The highest BCUT2D eigenvalue weighted by Crippen LogP contribution is 2.23. The SMILES string of the molecule is CCc1nn(C)c(CNCC(C)(C)CCCO)c1Br. The van der Waals surface area contributed by atoms with Gasteiger partial charge in [-0.25, -0.2) is 0 Å².